The SMILES string of the molecule is O=C(O)c1cc([C@@H]2CCCN2)ccc1O. The maximum absolute atomic E-state index is 10.8. The fourth-order valence-corrected chi connectivity index (χ4v) is 1.91. The highest BCUT2D eigenvalue weighted by molar-refractivity contribution is 5.90. The molecule has 1 fully saturated rings. The first-order valence-corrected chi connectivity index (χ1v) is 4.98. The fourth-order valence-electron chi connectivity index (χ4n) is 1.91. The normalized spacial score (nSPS) is 20.4. The minimum Gasteiger partial charge on any atom is -0.507 e. The largest absolute Gasteiger partial charge is 0.507 e. The molecule has 0 bridgehead atoms. The van der Waals surface area contributed by atoms with Crippen LogP contribution in [0.4, 0.5) is 0 Å². The number of carboxylic acids is 1. The highest BCUT2D eigenvalue weighted by atomic mass is 16.4. The number of carbonyl (C=O) groups is 1. The van der Waals surface area contributed by atoms with E-state index in [2.05, 4.69) is 5.32 Å². The van der Waals surface area contributed by atoms with E-state index in [-0.39, 0.29) is 17.4 Å². The monoisotopic (exact) mass is 207 g/mol. The molecule has 1 heterocycles. The van der Waals surface area contributed by atoms with E-state index in [9.17, 15) is 9.90 Å². The maximum Gasteiger partial charge on any atom is 0.339 e. The van der Waals surface area contributed by atoms with Crippen molar-refractivity contribution in [1.29, 1.82) is 0 Å². The number of carboxylic acid groups (broad SMARTS) is 1. The van der Waals surface area contributed by atoms with E-state index in [1.54, 1.807) is 12.1 Å². The van der Waals surface area contributed by atoms with Crippen molar-refractivity contribution in [2.75, 3.05) is 6.54 Å². The summed E-state index contributed by atoms with van der Waals surface area (Å²) in [5, 5.41) is 21.5. The quantitative estimate of drug-likeness (QED) is 0.687. The second-order valence-corrected chi connectivity index (χ2v) is 3.73. The molecule has 0 saturated carbocycles. The summed E-state index contributed by atoms with van der Waals surface area (Å²) in [7, 11) is 0. The van der Waals surface area contributed by atoms with Crippen molar-refractivity contribution in [3.63, 3.8) is 0 Å². The van der Waals surface area contributed by atoms with Crippen molar-refractivity contribution in [2.45, 2.75) is 18.9 Å². The van der Waals surface area contributed by atoms with Crippen molar-refractivity contribution < 1.29 is 15.0 Å². The molecule has 0 aromatic heterocycles. The topological polar surface area (TPSA) is 69.6 Å². The number of benzene rings is 1. The zero-order valence-electron chi connectivity index (χ0n) is 8.23. The van der Waals surface area contributed by atoms with Crippen molar-refractivity contribution >= 4 is 5.97 Å². The molecular formula is C11H13NO3. The number of aromatic carboxylic acids is 1. The minimum absolute atomic E-state index is 0.0267. The average Bonchev–Trinajstić information content (AvgIpc) is 2.71. The second-order valence-electron chi connectivity index (χ2n) is 3.73. The Balaban J connectivity index is 2.33. The molecular weight excluding hydrogens is 194 g/mol. The molecule has 1 saturated heterocycles. The summed E-state index contributed by atoms with van der Waals surface area (Å²) >= 11 is 0. The van der Waals surface area contributed by atoms with Gasteiger partial charge in [-0.1, -0.05) is 6.07 Å². The van der Waals surface area contributed by atoms with Crippen LogP contribution in [0.15, 0.2) is 18.2 Å². The molecule has 0 amide bonds. The lowest BCUT2D eigenvalue weighted by atomic mass is 10.0. The van der Waals surface area contributed by atoms with Gasteiger partial charge in [0.1, 0.15) is 11.3 Å². The smallest absolute Gasteiger partial charge is 0.339 e. The van der Waals surface area contributed by atoms with Gasteiger partial charge in [0, 0.05) is 6.04 Å². The second kappa shape index (κ2) is 3.90. The molecule has 2 rings (SSSR count). The van der Waals surface area contributed by atoms with Gasteiger partial charge in [0.2, 0.25) is 0 Å². The van der Waals surface area contributed by atoms with E-state index in [4.69, 9.17) is 5.11 Å². The number of hydrogen-bond donors (Lipinski definition) is 3. The van der Waals surface area contributed by atoms with E-state index < -0.39 is 5.97 Å². The molecule has 1 aliphatic heterocycles. The highest BCUT2D eigenvalue weighted by Gasteiger charge is 2.18. The summed E-state index contributed by atoms with van der Waals surface area (Å²) in [6, 6.07) is 4.98. The third-order valence-corrected chi connectivity index (χ3v) is 2.71. The van der Waals surface area contributed by atoms with Gasteiger partial charge in [-0.3, -0.25) is 0 Å². The van der Waals surface area contributed by atoms with Gasteiger partial charge in [-0.25, -0.2) is 4.79 Å². The minimum atomic E-state index is -1.09. The van der Waals surface area contributed by atoms with Crippen molar-refractivity contribution in [2.24, 2.45) is 0 Å². The molecule has 4 nitrogen and oxygen atoms in total. The van der Waals surface area contributed by atoms with Gasteiger partial charge in [-0.2, -0.15) is 0 Å². The van der Waals surface area contributed by atoms with Gasteiger partial charge >= 0.3 is 5.97 Å². The van der Waals surface area contributed by atoms with Crippen LogP contribution >= 0.6 is 0 Å². The van der Waals surface area contributed by atoms with Crippen molar-refractivity contribution in [3.8, 4) is 5.75 Å². The molecule has 0 spiro atoms. The zero-order chi connectivity index (χ0) is 10.8. The Morgan fingerprint density at radius 1 is 1.47 bits per heavy atom. The van der Waals surface area contributed by atoms with Gasteiger partial charge in [-0.05, 0) is 37.1 Å². The summed E-state index contributed by atoms with van der Waals surface area (Å²) in [6.45, 7) is 0.966. The Bertz CT molecular complexity index is 383. The molecule has 1 aliphatic rings. The average molecular weight is 207 g/mol. The van der Waals surface area contributed by atoms with Crippen LogP contribution in [0.25, 0.3) is 0 Å². The van der Waals surface area contributed by atoms with Crippen LogP contribution in [0, 0.1) is 0 Å². The lowest BCUT2D eigenvalue weighted by Gasteiger charge is -2.11. The van der Waals surface area contributed by atoms with Gasteiger partial charge in [-0.15, -0.1) is 0 Å². The zero-order valence-corrected chi connectivity index (χ0v) is 8.23. The Labute approximate surface area is 87.6 Å². The number of rotatable bonds is 2. The summed E-state index contributed by atoms with van der Waals surface area (Å²) in [4.78, 5) is 10.8. The lowest BCUT2D eigenvalue weighted by molar-refractivity contribution is 0.0693. The van der Waals surface area contributed by atoms with Crippen LogP contribution in [0.1, 0.15) is 34.8 Å². The number of hydrogen-bond acceptors (Lipinski definition) is 3. The Hall–Kier alpha value is -1.55. The lowest BCUT2D eigenvalue weighted by Crippen LogP contribution is -2.13. The first kappa shape index (κ1) is 9.98. The van der Waals surface area contributed by atoms with Crippen molar-refractivity contribution in [1.82, 2.24) is 5.32 Å². The van der Waals surface area contributed by atoms with Crippen LogP contribution in [-0.2, 0) is 0 Å². The van der Waals surface area contributed by atoms with Crippen LogP contribution in [-0.4, -0.2) is 22.7 Å². The van der Waals surface area contributed by atoms with E-state index >= 15 is 0 Å². The first-order valence-electron chi connectivity index (χ1n) is 4.98. The van der Waals surface area contributed by atoms with Gasteiger partial charge in [0.15, 0.2) is 0 Å². The Kier molecular flexibility index (Phi) is 2.60. The standard InChI is InChI=1S/C11H13NO3/c13-10-4-3-7(6-8(10)11(14)15)9-2-1-5-12-9/h3-4,6,9,12-13H,1-2,5H2,(H,14,15)/t9-/m0/s1. The van der Waals surface area contributed by atoms with Crippen LogP contribution in [0.2, 0.25) is 0 Å². The molecule has 4 heteroatoms. The van der Waals surface area contributed by atoms with E-state index in [0.29, 0.717) is 0 Å². The molecule has 1 aromatic carbocycles. The van der Waals surface area contributed by atoms with Crippen LogP contribution in [0.5, 0.6) is 5.75 Å². The Morgan fingerprint density at radius 3 is 2.87 bits per heavy atom. The summed E-state index contributed by atoms with van der Waals surface area (Å²) in [5.74, 6) is -1.27. The maximum atomic E-state index is 10.8. The molecule has 1 aromatic rings. The third kappa shape index (κ3) is 1.94. The summed E-state index contributed by atoms with van der Waals surface area (Å²) in [5.41, 5.74) is 0.906. The number of nitrogens with one attached hydrogen (secondary N) is 1. The van der Waals surface area contributed by atoms with Crippen LogP contribution in [0.3, 0.4) is 0 Å². The molecule has 0 aliphatic carbocycles. The fraction of sp³-hybridized carbons (Fsp3) is 0.364. The predicted molar refractivity (Wildman–Crippen MR) is 55.0 cm³/mol. The highest BCUT2D eigenvalue weighted by Crippen LogP contribution is 2.27. The molecule has 3 N–H and O–H groups in total. The van der Waals surface area contributed by atoms with Gasteiger partial charge < -0.3 is 15.5 Å². The summed E-state index contributed by atoms with van der Waals surface area (Å²) in [6.07, 6.45) is 2.12. The molecule has 0 radical (unpaired) electrons. The van der Waals surface area contributed by atoms with E-state index in [1.807, 2.05) is 0 Å². The molecule has 15 heavy (non-hydrogen) atoms. The van der Waals surface area contributed by atoms with Gasteiger partial charge in [0.05, 0.1) is 0 Å². The summed E-state index contributed by atoms with van der Waals surface area (Å²) < 4.78 is 0. The first-order chi connectivity index (χ1) is 7.18. The molecule has 80 valence electrons. The Morgan fingerprint density at radius 2 is 2.27 bits per heavy atom. The molecule has 0 unspecified atom stereocenters. The van der Waals surface area contributed by atoms with Gasteiger partial charge in [0.25, 0.3) is 0 Å². The van der Waals surface area contributed by atoms with Crippen molar-refractivity contribution in [3.05, 3.63) is 29.3 Å². The third-order valence-electron chi connectivity index (χ3n) is 2.71. The number of aromatic hydroxyl groups is 1. The van der Waals surface area contributed by atoms with E-state index in [0.717, 1.165) is 24.9 Å². The molecule has 1 atom stereocenters. The number of phenols is 1. The predicted octanol–water partition coefficient (Wildman–Crippen LogP) is 1.51. The van der Waals surface area contributed by atoms with Crippen LogP contribution < -0.4 is 5.32 Å². The van der Waals surface area contributed by atoms with E-state index in [1.165, 1.54) is 6.07 Å².